The van der Waals surface area contributed by atoms with Crippen molar-refractivity contribution in [3.8, 4) is 0 Å². The summed E-state index contributed by atoms with van der Waals surface area (Å²) in [5, 5.41) is 0. The van der Waals surface area contributed by atoms with Crippen molar-refractivity contribution in [3.05, 3.63) is 29.8 Å². The van der Waals surface area contributed by atoms with Crippen LogP contribution in [0.4, 0.5) is 4.39 Å². The number of rotatable bonds is 5. The van der Waals surface area contributed by atoms with Gasteiger partial charge in [-0.25, -0.2) is 9.37 Å². The van der Waals surface area contributed by atoms with E-state index >= 15 is 0 Å². The first kappa shape index (κ1) is 16.9. The molecule has 1 amide bonds. The molecule has 5 nitrogen and oxygen atoms in total. The summed E-state index contributed by atoms with van der Waals surface area (Å²) in [6.07, 6.45) is 5.16. The van der Waals surface area contributed by atoms with Gasteiger partial charge in [0.15, 0.2) is 0 Å². The Morgan fingerprint density at radius 2 is 2.29 bits per heavy atom. The van der Waals surface area contributed by atoms with Gasteiger partial charge in [0.2, 0.25) is 5.91 Å². The highest BCUT2D eigenvalue weighted by atomic mass is 19.1. The van der Waals surface area contributed by atoms with Gasteiger partial charge >= 0.3 is 0 Å². The molecule has 1 aromatic heterocycles. The van der Waals surface area contributed by atoms with Crippen molar-refractivity contribution in [1.29, 1.82) is 0 Å². The number of piperidine rings is 1. The fourth-order valence-corrected chi connectivity index (χ4v) is 3.41. The first-order valence-electron chi connectivity index (χ1n) is 8.61. The molecule has 1 N–H and O–H groups in total. The maximum absolute atomic E-state index is 13.2. The number of carbonyl (C=O) groups is 1. The maximum atomic E-state index is 13.2. The van der Waals surface area contributed by atoms with Gasteiger partial charge in [-0.2, -0.15) is 0 Å². The Kier molecular flexibility index (Phi) is 5.14. The number of H-pyrrole nitrogens is 1. The van der Waals surface area contributed by atoms with Gasteiger partial charge in [0.05, 0.1) is 17.6 Å². The van der Waals surface area contributed by atoms with Crippen LogP contribution in [0.25, 0.3) is 11.0 Å². The van der Waals surface area contributed by atoms with Crippen molar-refractivity contribution in [2.45, 2.75) is 44.7 Å². The second-order valence-corrected chi connectivity index (χ2v) is 6.76. The molecule has 3 rings (SSSR count). The SMILES string of the molecule is CN(Cc1nc2ccc(F)cc2[nH]1)C(=O)CCC1CCCCN1C. The molecule has 1 saturated heterocycles. The molecule has 0 radical (unpaired) electrons. The summed E-state index contributed by atoms with van der Waals surface area (Å²) in [6, 6.07) is 4.98. The number of halogens is 1. The minimum atomic E-state index is -0.293. The first-order chi connectivity index (χ1) is 11.5. The van der Waals surface area contributed by atoms with E-state index in [0.717, 1.165) is 18.5 Å². The van der Waals surface area contributed by atoms with Crippen LogP contribution in [0.15, 0.2) is 18.2 Å². The number of nitrogens with zero attached hydrogens (tertiary/aromatic N) is 3. The highest BCUT2D eigenvalue weighted by molar-refractivity contribution is 5.77. The topological polar surface area (TPSA) is 52.2 Å². The van der Waals surface area contributed by atoms with Crippen LogP contribution in [0.5, 0.6) is 0 Å². The Labute approximate surface area is 141 Å². The number of hydrogen-bond donors (Lipinski definition) is 1. The number of hydrogen-bond acceptors (Lipinski definition) is 3. The zero-order chi connectivity index (χ0) is 17.1. The van der Waals surface area contributed by atoms with Gasteiger partial charge in [0.25, 0.3) is 0 Å². The lowest BCUT2D eigenvalue weighted by Crippen LogP contribution is -2.37. The first-order valence-corrected chi connectivity index (χ1v) is 8.61. The van der Waals surface area contributed by atoms with Crippen molar-refractivity contribution in [3.63, 3.8) is 0 Å². The lowest BCUT2D eigenvalue weighted by molar-refractivity contribution is -0.130. The van der Waals surface area contributed by atoms with Crippen LogP contribution in [-0.4, -0.2) is 52.4 Å². The van der Waals surface area contributed by atoms with Crippen LogP contribution in [0.2, 0.25) is 0 Å². The standard InChI is InChI=1S/C18H25FN4O/c1-22-10-4-3-5-14(22)7-9-18(24)23(2)12-17-20-15-8-6-13(19)11-16(15)21-17/h6,8,11,14H,3-5,7,9-10,12H2,1-2H3,(H,20,21). The van der Waals surface area contributed by atoms with Crippen LogP contribution in [0.3, 0.4) is 0 Å². The zero-order valence-electron chi connectivity index (χ0n) is 14.4. The molecule has 0 spiro atoms. The summed E-state index contributed by atoms with van der Waals surface area (Å²) in [5.41, 5.74) is 1.38. The van der Waals surface area contributed by atoms with Gasteiger partial charge in [0, 0.05) is 19.5 Å². The normalized spacial score (nSPS) is 18.9. The number of likely N-dealkylation sites (tertiary alicyclic amines) is 1. The van der Waals surface area contributed by atoms with Gasteiger partial charge in [-0.1, -0.05) is 6.42 Å². The van der Waals surface area contributed by atoms with E-state index in [0.29, 0.717) is 30.3 Å². The van der Waals surface area contributed by atoms with Crippen LogP contribution >= 0.6 is 0 Å². The number of aromatic amines is 1. The molecule has 1 aliphatic heterocycles. The molecule has 2 heterocycles. The van der Waals surface area contributed by atoms with Crippen LogP contribution in [0.1, 0.15) is 37.9 Å². The third-order valence-corrected chi connectivity index (χ3v) is 4.92. The number of aromatic nitrogens is 2. The number of amides is 1. The average Bonchev–Trinajstić information content (AvgIpc) is 2.95. The monoisotopic (exact) mass is 332 g/mol. The largest absolute Gasteiger partial charge is 0.340 e. The van der Waals surface area contributed by atoms with E-state index in [2.05, 4.69) is 21.9 Å². The summed E-state index contributed by atoms with van der Waals surface area (Å²) in [4.78, 5) is 23.9. The smallest absolute Gasteiger partial charge is 0.222 e. The van der Waals surface area contributed by atoms with E-state index in [1.54, 1.807) is 18.0 Å². The van der Waals surface area contributed by atoms with E-state index in [-0.39, 0.29) is 11.7 Å². The quantitative estimate of drug-likeness (QED) is 0.916. The second-order valence-electron chi connectivity index (χ2n) is 6.76. The Morgan fingerprint density at radius 3 is 3.08 bits per heavy atom. The van der Waals surface area contributed by atoms with E-state index in [1.165, 1.54) is 31.4 Å². The van der Waals surface area contributed by atoms with Crippen molar-refractivity contribution >= 4 is 16.9 Å². The van der Waals surface area contributed by atoms with Crippen molar-refractivity contribution in [1.82, 2.24) is 19.8 Å². The molecule has 0 saturated carbocycles. The number of imidazole rings is 1. The fraction of sp³-hybridized carbons (Fsp3) is 0.556. The summed E-state index contributed by atoms with van der Waals surface area (Å²) in [5.74, 6) is 0.514. The molecule has 130 valence electrons. The Morgan fingerprint density at radius 1 is 1.46 bits per heavy atom. The third-order valence-electron chi connectivity index (χ3n) is 4.92. The summed E-state index contributed by atoms with van der Waals surface area (Å²) in [6.45, 7) is 1.54. The summed E-state index contributed by atoms with van der Waals surface area (Å²) in [7, 11) is 3.94. The molecule has 1 aromatic carbocycles. The summed E-state index contributed by atoms with van der Waals surface area (Å²) >= 11 is 0. The number of benzene rings is 1. The maximum Gasteiger partial charge on any atom is 0.222 e. The Bertz CT molecular complexity index is 714. The second kappa shape index (κ2) is 7.30. The van der Waals surface area contributed by atoms with E-state index < -0.39 is 0 Å². The summed E-state index contributed by atoms with van der Waals surface area (Å²) < 4.78 is 13.2. The highest BCUT2D eigenvalue weighted by Crippen LogP contribution is 2.20. The van der Waals surface area contributed by atoms with Crippen molar-refractivity contribution in [2.24, 2.45) is 0 Å². The van der Waals surface area contributed by atoms with E-state index in [4.69, 9.17) is 0 Å². The number of fused-ring (bicyclic) bond motifs is 1. The van der Waals surface area contributed by atoms with Gasteiger partial charge in [-0.05, 0) is 51.1 Å². The Balaban J connectivity index is 1.54. The van der Waals surface area contributed by atoms with Gasteiger partial charge in [-0.15, -0.1) is 0 Å². The molecule has 6 heteroatoms. The van der Waals surface area contributed by atoms with Crippen LogP contribution in [-0.2, 0) is 11.3 Å². The minimum Gasteiger partial charge on any atom is -0.340 e. The molecular formula is C18H25FN4O. The molecule has 24 heavy (non-hydrogen) atoms. The molecule has 0 aliphatic carbocycles. The van der Waals surface area contributed by atoms with Gasteiger partial charge in [0.1, 0.15) is 11.6 Å². The van der Waals surface area contributed by atoms with Crippen LogP contribution < -0.4 is 0 Å². The highest BCUT2D eigenvalue weighted by Gasteiger charge is 2.21. The zero-order valence-corrected chi connectivity index (χ0v) is 14.4. The molecule has 1 fully saturated rings. The fourth-order valence-electron chi connectivity index (χ4n) is 3.41. The lowest BCUT2D eigenvalue weighted by Gasteiger charge is -2.32. The molecule has 0 bridgehead atoms. The van der Waals surface area contributed by atoms with Crippen LogP contribution in [0, 0.1) is 5.82 Å². The number of nitrogens with one attached hydrogen (secondary N) is 1. The average molecular weight is 332 g/mol. The molecule has 1 atom stereocenters. The molecule has 1 aliphatic rings. The van der Waals surface area contributed by atoms with E-state index in [1.807, 2.05) is 0 Å². The van der Waals surface area contributed by atoms with E-state index in [9.17, 15) is 9.18 Å². The minimum absolute atomic E-state index is 0.126. The van der Waals surface area contributed by atoms with Crippen molar-refractivity contribution in [2.75, 3.05) is 20.6 Å². The molecule has 2 aromatic rings. The molecule has 1 unspecified atom stereocenters. The molecular weight excluding hydrogens is 307 g/mol. The van der Waals surface area contributed by atoms with Crippen molar-refractivity contribution < 1.29 is 9.18 Å². The number of carbonyl (C=O) groups excluding carboxylic acids is 1. The lowest BCUT2D eigenvalue weighted by atomic mass is 9.98. The van der Waals surface area contributed by atoms with Gasteiger partial charge in [-0.3, -0.25) is 4.79 Å². The Hall–Kier alpha value is -1.95. The predicted molar refractivity (Wildman–Crippen MR) is 92.0 cm³/mol. The third kappa shape index (κ3) is 3.93. The van der Waals surface area contributed by atoms with Gasteiger partial charge < -0.3 is 14.8 Å². The predicted octanol–water partition coefficient (Wildman–Crippen LogP) is 2.92.